The van der Waals surface area contributed by atoms with Crippen LogP contribution in [0, 0.1) is 6.92 Å². The molecule has 136 valence electrons. The lowest BCUT2D eigenvalue weighted by atomic mass is 10.1. The molecule has 4 N–H and O–H groups in total. The molecule has 6 nitrogen and oxygen atoms in total. The van der Waals surface area contributed by atoms with Crippen molar-refractivity contribution in [3.05, 3.63) is 59.4 Å². The minimum atomic E-state index is -1.60. The molecule has 0 bridgehead atoms. The number of aliphatic hydroxyl groups excluding tert-OH is 2. The first kappa shape index (κ1) is 19.3. The Morgan fingerprint density at radius 3 is 2.56 bits per heavy atom. The Morgan fingerprint density at radius 2 is 1.88 bits per heavy atom. The molecule has 2 unspecified atom stereocenters. The first-order valence-corrected chi connectivity index (χ1v) is 8.36. The van der Waals surface area contributed by atoms with Crippen molar-refractivity contribution in [1.82, 2.24) is 10.3 Å². The van der Waals surface area contributed by atoms with Gasteiger partial charge in [-0.05, 0) is 31.9 Å². The zero-order valence-electron chi connectivity index (χ0n) is 14.6. The van der Waals surface area contributed by atoms with Gasteiger partial charge in [0, 0.05) is 24.3 Å². The van der Waals surface area contributed by atoms with Crippen LogP contribution in [0.25, 0.3) is 0 Å². The van der Waals surface area contributed by atoms with Gasteiger partial charge < -0.3 is 25.4 Å². The number of aryl methyl sites for hydroxylation is 1. The second-order valence-corrected chi connectivity index (χ2v) is 6.19. The highest BCUT2D eigenvalue weighted by atomic mass is 16.5. The van der Waals surface area contributed by atoms with Gasteiger partial charge in [0.15, 0.2) is 6.29 Å². The normalized spacial score (nSPS) is 13.7. The van der Waals surface area contributed by atoms with E-state index >= 15 is 0 Å². The number of aliphatic hydroxyl groups is 3. The van der Waals surface area contributed by atoms with Crippen molar-refractivity contribution in [1.29, 1.82) is 0 Å². The van der Waals surface area contributed by atoms with Crippen LogP contribution in [0.5, 0.6) is 5.75 Å². The highest BCUT2D eigenvalue weighted by Crippen LogP contribution is 2.20. The first-order valence-electron chi connectivity index (χ1n) is 8.36. The van der Waals surface area contributed by atoms with E-state index in [1.807, 2.05) is 18.2 Å². The van der Waals surface area contributed by atoms with E-state index in [2.05, 4.69) is 29.4 Å². The topological polar surface area (TPSA) is 94.8 Å². The molecule has 0 spiro atoms. The third kappa shape index (κ3) is 6.43. The van der Waals surface area contributed by atoms with Gasteiger partial charge in [0.2, 0.25) is 0 Å². The summed E-state index contributed by atoms with van der Waals surface area (Å²) in [5.74, 6) is 0.432. The fourth-order valence-electron chi connectivity index (χ4n) is 2.44. The Morgan fingerprint density at radius 1 is 1.16 bits per heavy atom. The molecule has 0 aliphatic rings. The number of ether oxygens (including phenoxy) is 1. The molecule has 0 amide bonds. The molecule has 0 radical (unpaired) electrons. The molecule has 0 saturated heterocycles. The summed E-state index contributed by atoms with van der Waals surface area (Å²) < 4.78 is 5.57. The number of aromatic nitrogens is 1. The van der Waals surface area contributed by atoms with E-state index in [0.29, 0.717) is 18.0 Å². The minimum Gasteiger partial charge on any atom is -0.489 e. The Kier molecular flexibility index (Phi) is 7.33. The zero-order chi connectivity index (χ0) is 18.2. The maximum absolute atomic E-state index is 10.1. The van der Waals surface area contributed by atoms with Gasteiger partial charge in [-0.3, -0.25) is 4.98 Å². The molecule has 2 atom stereocenters. The number of nitrogens with one attached hydrogen (secondary N) is 1. The van der Waals surface area contributed by atoms with Crippen molar-refractivity contribution in [3.8, 4) is 5.75 Å². The second-order valence-electron chi connectivity index (χ2n) is 6.19. The van der Waals surface area contributed by atoms with E-state index in [1.54, 1.807) is 6.92 Å². The standard InChI is InChI=1S/C19H26N2O4/c1-13(8-15-6-4-3-5-7-15)20-11-17(22)12-25-18-9-16(19(23)24)10-21-14(18)2/h3-7,9-10,13,17,19-20,22-24H,8,11-12H2,1-2H3. The summed E-state index contributed by atoms with van der Waals surface area (Å²) >= 11 is 0. The second kappa shape index (κ2) is 9.48. The molecule has 0 aliphatic carbocycles. The highest BCUT2D eigenvalue weighted by molar-refractivity contribution is 5.31. The summed E-state index contributed by atoms with van der Waals surface area (Å²) in [7, 11) is 0. The van der Waals surface area contributed by atoms with Crippen LogP contribution in [0.4, 0.5) is 0 Å². The van der Waals surface area contributed by atoms with Gasteiger partial charge in [0.1, 0.15) is 18.5 Å². The third-order valence-electron chi connectivity index (χ3n) is 3.88. The van der Waals surface area contributed by atoms with Crippen LogP contribution in [0.1, 0.15) is 30.0 Å². The highest BCUT2D eigenvalue weighted by Gasteiger charge is 2.12. The van der Waals surface area contributed by atoms with Crippen molar-refractivity contribution in [2.24, 2.45) is 0 Å². The largest absolute Gasteiger partial charge is 0.489 e. The van der Waals surface area contributed by atoms with Crippen LogP contribution in [-0.2, 0) is 6.42 Å². The molecule has 25 heavy (non-hydrogen) atoms. The van der Waals surface area contributed by atoms with Gasteiger partial charge in [-0.15, -0.1) is 0 Å². The van der Waals surface area contributed by atoms with Gasteiger partial charge >= 0.3 is 0 Å². The van der Waals surface area contributed by atoms with E-state index < -0.39 is 12.4 Å². The molecule has 6 heteroatoms. The van der Waals surface area contributed by atoms with Gasteiger partial charge in [0.05, 0.1) is 5.69 Å². The monoisotopic (exact) mass is 346 g/mol. The lowest BCUT2D eigenvalue weighted by Gasteiger charge is -2.18. The summed E-state index contributed by atoms with van der Waals surface area (Å²) in [5, 5.41) is 31.7. The van der Waals surface area contributed by atoms with Crippen molar-refractivity contribution >= 4 is 0 Å². The Bertz CT molecular complexity index is 649. The zero-order valence-corrected chi connectivity index (χ0v) is 14.6. The summed E-state index contributed by atoms with van der Waals surface area (Å²) in [4.78, 5) is 4.06. The number of benzene rings is 1. The molecule has 0 saturated carbocycles. The van der Waals surface area contributed by atoms with Crippen molar-refractivity contribution in [2.45, 2.75) is 38.7 Å². The number of rotatable bonds is 9. The maximum Gasteiger partial charge on any atom is 0.180 e. The van der Waals surface area contributed by atoms with Crippen molar-refractivity contribution in [3.63, 3.8) is 0 Å². The predicted molar refractivity (Wildman–Crippen MR) is 95.3 cm³/mol. The van der Waals surface area contributed by atoms with E-state index in [4.69, 9.17) is 4.74 Å². The molecule has 0 fully saturated rings. The quantitative estimate of drug-likeness (QED) is 0.512. The van der Waals surface area contributed by atoms with Gasteiger partial charge in [0.25, 0.3) is 0 Å². The predicted octanol–water partition coefficient (Wildman–Crippen LogP) is 1.33. The van der Waals surface area contributed by atoms with Gasteiger partial charge in [-0.25, -0.2) is 0 Å². The smallest absolute Gasteiger partial charge is 0.180 e. The Balaban J connectivity index is 1.77. The number of hydrogen-bond acceptors (Lipinski definition) is 6. The van der Waals surface area contributed by atoms with Crippen molar-refractivity contribution < 1.29 is 20.1 Å². The first-order chi connectivity index (χ1) is 12.0. The van der Waals surface area contributed by atoms with E-state index in [-0.39, 0.29) is 18.2 Å². The lowest BCUT2D eigenvalue weighted by Crippen LogP contribution is -2.37. The lowest BCUT2D eigenvalue weighted by molar-refractivity contribution is -0.0429. The van der Waals surface area contributed by atoms with E-state index in [0.717, 1.165) is 6.42 Å². The summed E-state index contributed by atoms with van der Waals surface area (Å²) in [6.07, 6.45) is -0.00882. The molecule has 0 aliphatic heterocycles. The molecule has 2 rings (SSSR count). The van der Waals surface area contributed by atoms with E-state index in [9.17, 15) is 15.3 Å². The average Bonchev–Trinajstić information content (AvgIpc) is 2.60. The molecule has 1 heterocycles. The third-order valence-corrected chi connectivity index (χ3v) is 3.88. The summed E-state index contributed by atoms with van der Waals surface area (Å²) in [5.41, 5.74) is 2.13. The Labute approximate surface area is 148 Å². The minimum absolute atomic E-state index is 0.0958. The number of pyridine rings is 1. The summed E-state index contributed by atoms with van der Waals surface area (Å²) in [6.45, 7) is 4.33. The maximum atomic E-state index is 10.1. The van der Waals surface area contributed by atoms with E-state index in [1.165, 1.54) is 17.8 Å². The van der Waals surface area contributed by atoms with Gasteiger partial charge in [-0.2, -0.15) is 0 Å². The molecule has 1 aromatic carbocycles. The Hall–Kier alpha value is -1.99. The van der Waals surface area contributed by atoms with Crippen LogP contribution >= 0.6 is 0 Å². The van der Waals surface area contributed by atoms with Crippen LogP contribution in [0.2, 0.25) is 0 Å². The fraction of sp³-hybridized carbons (Fsp3) is 0.421. The van der Waals surface area contributed by atoms with Crippen LogP contribution in [-0.4, -0.2) is 45.6 Å². The van der Waals surface area contributed by atoms with Crippen LogP contribution in [0.3, 0.4) is 0 Å². The average molecular weight is 346 g/mol. The fourth-order valence-corrected chi connectivity index (χ4v) is 2.44. The summed E-state index contributed by atoms with van der Waals surface area (Å²) in [6, 6.07) is 11.9. The molecular formula is C19H26N2O4. The number of hydrogen-bond donors (Lipinski definition) is 4. The SMILES string of the molecule is Cc1ncc(C(O)O)cc1OCC(O)CNC(C)Cc1ccccc1. The van der Waals surface area contributed by atoms with Crippen LogP contribution in [0.15, 0.2) is 42.6 Å². The van der Waals surface area contributed by atoms with Crippen LogP contribution < -0.4 is 10.1 Å². The van der Waals surface area contributed by atoms with Gasteiger partial charge in [-0.1, -0.05) is 30.3 Å². The molecule has 2 aromatic rings. The molecular weight excluding hydrogens is 320 g/mol. The molecule has 1 aromatic heterocycles. The van der Waals surface area contributed by atoms with Crippen molar-refractivity contribution in [2.75, 3.05) is 13.2 Å². The number of nitrogens with zero attached hydrogens (tertiary/aromatic N) is 1.